The van der Waals surface area contributed by atoms with Gasteiger partial charge in [0, 0.05) is 31.4 Å². The number of aromatic nitrogens is 3. The fourth-order valence-corrected chi connectivity index (χ4v) is 2.60. The first-order chi connectivity index (χ1) is 11.4. The third kappa shape index (κ3) is 2.78. The minimum Gasteiger partial charge on any atom is -0.505 e. The van der Waals surface area contributed by atoms with Crippen LogP contribution in [-0.2, 0) is 7.05 Å². The van der Waals surface area contributed by atoms with Gasteiger partial charge in [0.15, 0.2) is 17.4 Å². The minimum atomic E-state index is -0.705. The molecule has 0 unspecified atom stereocenters. The third-order valence-corrected chi connectivity index (χ3v) is 3.95. The summed E-state index contributed by atoms with van der Waals surface area (Å²) in [7, 11) is 3.43. The van der Waals surface area contributed by atoms with E-state index in [9.17, 15) is 13.9 Å². The van der Waals surface area contributed by atoms with Gasteiger partial charge in [-0.3, -0.25) is 4.57 Å². The summed E-state index contributed by atoms with van der Waals surface area (Å²) < 4.78 is 28.1. The SMILES string of the molecule is CN(c1ccc(F)c(O)c1)c1nnc(-c2ccc(F)cc2Cl)n1C. The molecule has 124 valence electrons. The summed E-state index contributed by atoms with van der Waals surface area (Å²) in [5, 5.41) is 17.9. The molecule has 5 nitrogen and oxygen atoms in total. The van der Waals surface area contributed by atoms with Crippen molar-refractivity contribution < 1.29 is 13.9 Å². The molecule has 0 saturated carbocycles. The van der Waals surface area contributed by atoms with E-state index in [1.54, 1.807) is 23.6 Å². The van der Waals surface area contributed by atoms with Crippen molar-refractivity contribution in [3.05, 3.63) is 53.1 Å². The number of hydrogen-bond donors (Lipinski definition) is 1. The molecule has 24 heavy (non-hydrogen) atoms. The van der Waals surface area contributed by atoms with Gasteiger partial charge < -0.3 is 10.0 Å². The Morgan fingerprint density at radius 2 is 1.88 bits per heavy atom. The fraction of sp³-hybridized carbons (Fsp3) is 0.125. The second-order valence-electron chi connectivity index (χ2n) is 5.20. The Balaban J connectivity index is 2.01. The third-order valence-electron chi connectivity index (χ3n) is 3.64. The largest absolute Gasteiger partial charge is 0.505 e. The number of halogens is 3. The van der Waals surface area contributed by atoms with Crippen LogP contribution < -0.4 is 4.90 Å². The monoisotopic (exact) mass is 350 g/mol. The van der Waals surface area contributed by atoms with Crippen LogP contribution in [-0.4, -0.2) is 26.9 Å². The number of phenolic OH excluding ortho intramolecular Hbond substituents is 1. The highest BCUT2D eigenvalue weighted by atomic mass is 35.5. The van der Waals surface area contributed by atoms with Crippen molar-refractivity contribution in [3.8, 4) is 17.1 Å². The average molecular weight is 351 g/mol. The molecule has 0 radical (unpaired) electrons. The first-order valence-electron chi connectivity index (χ1n) is 6.95. The summed E-state index contributed by atoms with van der Waals surface area (Å²) in [4.78, 5) is 1.63. The van der Waals surface area contributed by atoms with Crippen LogP contribution in [0, 0.1) is 11.6 Å². The minimum absolute atomic E-state index is 0.221. The Bertz CT molecular complexity index is 913. The molecule has 0 fully saturated rings. The maximum Gasteiger partial charge on any atom is 0.231 e. The van der Waals surface area contributed by atoms with Crippen molar-refractivity contribution in [1.82, 2.24) is 14.8 Å². The van der Waals surface area contributed by atoms with Crippen LogP contribution in [0.1, 0.15) is 0 Å². The summed E-state index contributed by atoms with van der Waals surface area (Å²) in [5.74, 6) is -0.707. The van der Waals surface area contributed by atoms with Gasteiger partial charge in [-0.15, -0.1) is 10.2 Å². The van der Waals surface area contributed by atoms with Gasteiger partial charge in [-0.05, 0) is 30.3 Å². The predicted octanol–water partition coefficient (Wildman–Crippen LogP) is 3.89. The zero-order chi connectivity index (χ0) is 17.4. The maximum atomic E-state index is 13.2. The van der Waals surface area contributed by atoms with Crippen LogP contribution in [0.15, 0.2) is 36.4 Å². The van der Waals surface area contributed by atoms with E-state index in [2.05, 4.69) is 10.2 Å². The van der Waals surface area contributed by atoms with E-state index in [1.165, 1.54) is 30.3 Å². The molecule has 1 aromatic heterocycles. The van der Waals surface area contributed by atoms with Gasteiger partial charge in [0.05, 0.1) is 5.02 Å². The molecule has 0 saturated heterocycles. The lowest BCUT2D eigenvalue weighted by Crippen LogP contribution is -2.14. The summed E-state index contributed by atoms with van der Waals surface area (Å²) >= 11 is 6.07. The van der Waals surface area contributed by atoms with Crippen LogP contribution >= 0.6 is 11.6 Å². The first kappa shape index (κ1) is 16.2. The number of benzene rings is 2. The van der Waals surface area contributed by atoms with Crippen LogP contribution in [0.2, 0.25) is 5.02 Å². The molecule has 0 aliphatic heterocycles. The Labute approximate surface area is 141 Å². The van der Waals surface area contributed by atoms with Crippen molar-refractivity contribution in [2.75, 3.05) is 11.9 Å². The zero-order valence-corrected chi connectivity index (χ0v) is 13.6. The summed E-state index contributed by atoms with van der Waals surface area (Å²) in [6.07, 6.45) is 0. The number of rotatable bonds is 3. The molecule has 0 aliphatic carbocycles. The number of phenols is 1. The summed E-state index contributed by atoms with van der Waals surface area (Å²) in [6.45, 7) is 0. The molecular weight excluding hydrogens is 338 g/mol. The van der Waals surface area contributed by atoms with Crippen LogP contribution in [0.5, 0.6) is 5.75 Å². The molecule has 1 heterocycles. The van der Waals surface area contributed by atoms with Gasteiger partial charge in [-0.1, -0.05) is 11.6 Å². The molecule has 2 aromatic carbocycles. The standard InChI is InChI=1S/C16H13ClF2N4O/c1-22(10-4-6-13(19)14(24)8-10)16-21-20-15(23(16)2)11-5-3-9(18)7-12(11)17/h3-8,24H,1-2H3. The van der Waals surface area contributed by atoms with Crippen molar-refractivity contribution >= 4 is 23.2 Å². The number of anilines is 2. The van der Waals surface area contributed by atoms with E-state index in [4.69, 9.17) is 11.6 Å². The van der Waals surface area contributed by atoms with E-state index in [0.717, 1.165) is 6.07 Å². The molecular formula is C16H13ClF2N4O. The molecule has 0 bridgehead atoms. The Kier molecular flexibility index (Phi) is 4.11. The van der Waals surface area contributed by atoms with Crippen molar-refractivity contribution in [2.24, 2.45) is 7.05 Å². The molecule has 3 aromatic rings. The van der Waals surface area contributed by atoms with Gasteiger partial charge in [0.1, 0.15) is 5.82 Å². The maximum absolute atomic E-state index is 13.2. The Hall–Kier alpha value is -2.67. The van der Waals surface area contributed by atoms with E-state index in [1.807, 2.05) is 0 Å². The zero-order valence-electron chi connectivity index (χ0n) is 12.8. The van der Waals surface area contributed by atoms with Crippen molar-refractivity contribution in [2.45, 2.75) is 0 Å². The van der Waals surface area contributed by atoms with Crippen molar-refractivity contribution in [1.29, 1.82) is 0 Å². The Morgan fingerprint density at radius 3 is 2.54 bits per heavy atom. The normalized spacial score (nSPS) is 10.9. The second-order valence-corrected chi connectivity index (χ2v) is 5.61. The van der Waals surface area contributed by atoms with Crippen molar-refractivity contribution in [3.63, 3.8) is 0 Å². The summed E-state index contributed by atoms with van der Waals surface area (Å²) in [6, 6.07) is 7.97. The van der Waals surface area contributed by atoms with E-state index >= 15 is 0 Å². The van der Waals surface area contributed by atoms with E-state index in [0.29, 0.717) is 23.0 Å². The molecule has 0 atom stereocenters. The molecule has 0 aliphatic rings. The van der Waals surface area contributed by atoms with Crippen LogP contribution in [0.4, 0.5) is 20.4 Å². The lowest BCUT2D eigenvalue weighted by atomic mass is 10.2. The lowest BCUT2D eigenvalue weighted by molar-refractivity contribution is 0.432. The molecule has 1 N–H and O–H groups in total. The highest BCUT2D eigenvalue weighted by Gasteiger charge is 2.18. The molecule has 0 spiro atoms. The number of nitrogens with zero attached hydrogens (tertiary/aromatic N) is 4. The highest BCUT2D eigenvalue weighted by molar-refractivity contribution is 6.33. The molecule has 0 amide bonds. The van der Waals surface area contributed by atoms with Gasteiger partial charge >= 0.3 is 0 Å². The number of aromatic hydroxyl groups is 1. The quantitative estimate of drug-likeness (QED) is 0.778. The predicted molar refractivity (Wildman–Crippen MR) is 87.5 cm³/mol. The second kappa shape index (κ2) is 6.09. The Morgan fingerprint density at radius 1 is 1.12 bits per heavy atom. The molecule has 3 rings (SSSR count). The fourth-order valence-electron chi connectivity index (χ4n) is 2.34. The van der Waals surface area contributed by atoms with Gasteiger partial charge in [0.2, 0.25) is 5.95 Å². The van der Waals surface area contributed by atoms with Gasteiger partial charge in [-0.25, -0.2) is 8.78 Å². The first-order valence-corrected chi connectivity index (χ1v) is 7.33. The molecule has 8 heteroatoms. The smallest absolute Gasteiger partial charge is 0.231 e. The van der Waals surface area contributed by atoms with E-state index in [-0.39, 0.29) is 5.02 Å². The van der Waals surface area contributed by atoms with E-state index < -0.39 is 17.4 Å². The van der Waals surface area contributed by atoms with Crippen LogP contribution in [0.3, 0.4) is 0 Å². The summed E-state index contributed by atoms with van der Waals surface area (Å²) in [5.41, 5.74) is 1.07. The van der Waals surface area contributed by atoms with Gasteiger partial charge in [-0.2, -0.15) is 0 Å². The number of hydrogen-bond acceptors (Lipinski definition) is 4. The van der Waals surface area contributed by atoms with Gasteiger partial charge in [0.25, 0.3) is 0 Å². The topological polar surface area (TPSA) is 54.2 Å². The lowest BCUT2D eigenvalue weighted by Gasteiger charge is -2.18. The highest BCUT2D eigenvalue weighted by Crippen LogP contribution is 2.31. The average Bonchev–Trinajstić information content (AvgIpc) is 2.91. The van der Waals surface area contributed by atoms with Crippen LogP contribution in [0.25, 0.3) is 11.4 Å².